The molecule has 0 saturated heterocycles. The Morgan fingerprint density at radius 3 is 2.75 bits per heavy atom. The van der Waals surface area contributed by atoms with Crippen molar-refractivity contribution in [1.82, 2.24) is 5.32 Å². The van der Waals surface area contributed by atoms with Gasteiger partial charge in [0.15, 0.2) is 0 Å². The normalized spacial score (nSPS) is 14.1. The van der Waals surface area contributed by atoms with E-state index < -0.39 is 5.54 Å². The van der Waals surface area contributed by atoms with E-state index in [4.69, 9.17) is 16.3 Å². The third-order valence-electron chi connectivity index (χ3n) is 2.66. The first-order valence-electron chi connectivity index (χ1n) is 6.70. The molecule has 0 spiro atoms. The molecule has 20 heavy (non-hydrogen) atoms. The third kappa shape index (κ3) is 5.35. The summed E-state index contributed by atoms with van der Waals surface area (Å²) in [4.78, 5) is 13.2. The van der Waals surface area contributed by atoms with Crippen LogP contribution in [0.25, 0.3) is 0 Å². The van der Waals surface area contributed by atoms with E-state index >= 15 is 0 Å². The number of rotatable bonds is 7. The number of benzene rings is 1. The summed E-state index contributed by atoms with van der Waals surface area (Å²) in [5, 5.41) is 4.00. The molecule has 0 heterocycles. The lowest BCUT2D eigenvalue weighted by Gasteiger charge is -2.30. The van der Waals surface area contributed by atoms with E-state index in [2.05, 4.69) is 5.32 Å². The third-order valence-corrected chi connectivity index (χ3v) is 4.20. The minimum atomic E-state index is -0.711. The summed E-state index contributed by atoms with van der Waals surface area (Å²) in [7, 11) is 0. The standard InChI is InChI=1S/C15H22ClNO2S/c1-5-19-14(18)15(4,17-11(2)3)10-20-13-8-6-7-12(16)9-13/h6-9,11,17H,5,10H2,1-4H3. The molecule has 0 aliphatic carbocycles. The summed E-state index contributed by atoms with van der Waals surface area (Å²) in [6, 6.07) is 7.82. The molecule has 1 rings (SSSR count). The van der Waals surface area contributed by atoms with Crippen molar-refractivity contribution in [2.75, 3.05) is 12.4 Å². The Bertz CT molecular complexity index is 453. The van der Waals surface area contributed by atoms with Crippen LogP contribution in [0.2, 0.25) is 5.02 Å². The number of nitrogens with one attached hydrogen (secondary N) is 1. The number of hydrogen-bond donors (Lipinski definition) is 1. The summed E-state index contributed by atoms with van der Waals surface area (Å²) in [6.45, 7) is 8.11. The second-order valence-electron chi connectivity index (χ2n) is 5.10. The number of esters is 1. The zero-order valence-electron chi connectivity index (χ0n) is 12.4. The zero-order valence-corrected chi connectivity index (χ0v) is 14.0. The van der Waals surface area contributed by atoms with E-state index in [0.717, 1.165) is 4.90 Å². The fourth-order valence-electron chi connectivity index (χ4n) is 1.87. The Labute approximate surface area is 130 Å². The van der Waals surface area contributed by atoms with Crippen molar-refractivity contribution in [3.05, 3.63) is 29.3 Å². The van der Waals surface area contributed by atoms with Gasteiger partial charge in [-0.15, -0.1) is 11.8 Å². The molecule has 1 aromatic carbocycles. The molecule has 0 radical (unpaired) electrons. The fraction of sp³-hybridized carbons (Fsp3) is 0.533. The highest BCUT2D eigenvalue weighted by molar-refractivity contribution is 7.99. The topological polar surface area (TPSA) is 38.3 Å². The number of hydrogen-bond acceptors (Lipinski definition) is 4. The van der Waals surface area contributed by atoms with Gasteiger partial charge in [0.2, 0.25) is 0 Å². The molecule has 0 fully saturated rings. The van der Waals surface area contributed by atoms with Gasteiger partial charge in [0, 0.05) is 21.7 Å². The van der Waals surface area contributed by atoms with Gasteiger partial charge >= 0.3 is 5.97 Å². The lowest BCUT2D eigenvalue weighted by molar-refractivity contribution is -0.149. The first-order chi connectivity index (χ1) is 9.37. The lowest BCUT2D eigenvalue weighted by Crippen LogP contribution is -2.55. The Kier molecular flexibility index (Phi) is 6.86. The van der Waals surface area contributed by atoms with Gasteiger partial charge in [-0.05, 0) is 45.9 Å². The first kappa shape index (κ1) is 17.3. The molecule has 1 aromatic rings. The van der Waals surface area contributed by atoms with Gasteiger partial charge < -0.3 is 4.74 Å². The SMILES string of the molecule is CCOC(=O)C(C)(CSc1cccc(Cl)c1)NC(C)C. The van der Waals surface area contributed by atoms with Gasteiger partial charge in [-0.2, -0.15) is 0 Å². The van der Waals surface area contributed by atoms with E-state index in [1.807, 2.05) is 52.0 Å². The molecule has 3 nitrogen and oxygen atoms in total. The monoisotopic (exact) mass is 315 g/mol. The van der Waals surface area contributed by atoms with Crippen LogP contribution in [0.5, 0.6) is 0 Å². The molecule has 1 N–H and O–H groups in total. The zero-order chi connectivity index (χ0) is 15.2. The summed E-state index contributed by atoms with van der Waals surface area (Å²) >= 11 is 7.56. The van der Waals surface area contributed by atoms with Crippen molar-refractivity contribution in [3.8, 4) is 0 Å². The number of carbonyl (C=O) groups excluding carboxylic acids is 1. The average Bonchev–Trinajstić information content (AvgIpc) is 2.36. The van der Waals surface area contributed by atoms with Crippen molar-refractivity contribution in [3.63, 3.8) is 0 Å². The molecule has 5 heteroatoms. The quantitative estimate of drug-likeness (QED) is 0.614. The molecule has 0 amide bonds. The van der Waals surface area contributed by atoms with E-state index in [1.165, 1.54) is 0 Å². The molecule has 0 saturated carbocycles. The van der Waals surface area contributed by atoms with Crippen LogP contribution in [-0.2, 0) is 9.53 Å². The predicted octanol–water partition coefficient (Wildman–Crippen LogP) is 3.75. The average molecular weight is 316 g/mol. The van der Waals surface area contributed by atoms with Crippen LogP contribution in [-0.4, -0.2) is 29.9 Å². The van der Waals surface area contributed by atoms with Crippen molar-refractivity contribution in [2.45, 2.75) is 44.2 Å². The summed E-state index contributed by atoms with van der Waals surface area (Å²) in [6.07, 6.45) is 0. The first-order valence-corrected chi connectivity index (χ1v) is 8.07. The number of carbonyl (C=O) groups is 1. The summed E-state index contributed by atoms with van der Waals surface area (Å²) in [5.41, 5.74) is -0.711. The maximum Gasteiger partial charge on any atom is 0.326 e. The molecule has 112 valence electrons. The van der Waals surface area contributed by atoms with Crippen LogP contribution in [0.1, 0.15) is 27.7 Å². The molecule has 0 aliphatic rings. The van der Waals surface area contributed by atoms with E-state index in [-0.39, 0.29) is 12.0 Å². The molecular weight excluding hydrogens is 294 g/mol. The highest BCUT2D eigenvalue weighted by Gasteiger charge is 2.35. The lowest BCUT2D eigenvalue weighted by atomic mass is 10.0. The molecule has 1 unspecified atom stereocenters. The molecule has 0 aliphatic heterocycles. The minimum Gasteiger partial charge on any atom is -0.465 e. The van der Waals surface area contributed by atoms with Crippen LogP contribution in [0.3, 0.4) is 0 Å². The van der Waals surface area contributed by atoms with Crippen LogP contribution >= 0.6 is 23.4 Å². The Balaban J connectivity index is 2.76. The van der Waals surface area contributed by atoms with E-state index in [1.54, 1.807) is 11.8 Å². The minimum absolute atomic E-state index is 0.198. The maximum atomic E-state index is 12.2. The van der Waals surface area contributed by atoms with Gasteiger partial charge in [-0.1, -0.05) is 17.7 Å². The van der Waals surface area contributed by atoms with Gasteiger partial charge in [-0.3, -0.25) is 10.1 Å². The highest BCUT2D eigenvalue weighted by Crippen LogP contribution is 2.26. The Morgan fingerprint density at radius 1 is 1.50 bits per heavy atom. The maximum absolute atomic E-state index is 12.2. The highest BCUT2D eigenvalue weighted by atomic mass is 35.5. The van der Waals surface area contributed by atoms with Gasteiger partial charge in [0.1, 0.15) is 5.54 Å². The van der Waals surface area contributed by atoms with Crippen molar-refractivity contribution < 1.29 is 9.53 Å². The summed E-state index contributed by atoms with van der Waals surface area (Å²) < 4.78 is 5.18. The second kappa shape index (κ2) is 7.91. The van der Waals surface area contributed by atoms with Gasteiger partial charge in [-0.25, -0.2) is 0 Å². The van der Waals surface area contributed by atoms with Crippen LogP contribution in [0.4, 0.5) is 0 Å². The molecular formula is C15H22ClNO2S. The molecule has 0 aromatic heterocycles. The second-order valence-corrected chi connectivity index (χ2v) is 6.58. The summed E-state index contributed by atoms with van der Waals surface area (Å²) in [5.74, 6) is 0.368. The predicted molar refractivity (Wildman–Crippen MR) is 85.5 cm³/mol. The fourth-order valence-corrected chi connectivity index (χ4v) is 3.17. The number of halogens is 1. The largest absolute Gasteiger partial charge is 0.465 e. The number of ether oxygens (including phenoxy) is 1. The van der Waals surface area contributed by atoms with Crippen LogP contribution in [0, 0.1) is 0 Å². The number of thioether (sulfide) groups is 1. The Hall–Kier alpha value is -0.710. The van der Waals surface area contributed by atoms with Crippen LogP contribution < -0.4 is 5.32 Å². The van der Waals surface area contributed by atoms with Gasteiger partial charge in [0.25, 0.3) is 0 Å². The molecule has 1 atom stereocenters. The Morgan fingerprint density at radius 2 is 2.20 bits per heavy atom. The smallest absolute Gasteiger partial charge is 0.326 e. The van der Waals surface area contributed by atoms with Crippen molar-refractivity contribution >= 4 is 29.3 Å². The van der Waals surface area contributed by atoms with Crippen molar-refractivity contribution in [1.29, 1.82) is 0 Å². The molecule has 0 bridgehead atoms. The van der Waals surface area contributed by atoms with Crippen molar-refractivity contribution in [2.24, 2.45) is 0 Å². The van der Waals surface area contributed by atoms with Crippen LogP contribution in [0.15, 0.2) is 29.2 Å². The van der Waals surface area contributed by atoms with E-state index in [0.29, 0.717) is 17.4 Å². The van der Waals surface area contributed by atoms with Gasteiger partial charge in [0.05, 0.1) is 6.61 Å². The van der Waals surface area contributed by atoms with E-state index in [9.17, 15) is 4.79 Å².